The Hall–Kier alpha value is -2.05. The van der Waals surface area contributed by atoms with Crippen LogP contribution in [0.2, 0.25) is 0 Å². The summed E-state index contributed by atoms with van der Waals surface area (Å²) < 4.78 is 16.5. The first-order valence-electron chi connectivity index (χ1n) is 9.20. The highest BCUT2D eigenvalue weighted by Gasteiger charge is 2.21. The number of nitrogens with one attached hydrogen (secondary N) is 1. The number of amides is 1. The van der Waals surface area contributed by atoms with Crippen molar-refractivity contribution in [2.45, 2.75) is 26.4 Å². The Bertz CT molecular complexity index is 740. The number of fused-ring (bicyclic) bond motifs is 1. The maximum atomic E-state index is 12.3. The molecule has 1 aliphatic heterocycles. The first-order chi connectivity index (χ1) is 12.5. The molecular weight excluding hydrogens is 332 g/mol. The van der Waals surface area contributed by atoms with Crippen LogP contribution in [-0.2, 0) is 16.0 Å². The van der Waals surface area contributed by atoms with Gasteiger partial charge in [0.15, 0.2) is 0 Å². The standard InChI is InChI=1S/C20H28N2O4/c1-14(2)11-22-6-7-25-17(12-22)10-21-20(23)8-15-13-26-19-9-16(24-3)4-5-18(15)19/h4-5,9,13-14,17H,6-8,10-12H2,1-3H3,(H,21,23)/t17-/m0/s1. The van der Waals surface area contributed by atoms with E-state index in [1.54, 1.807) is 13.4 Å². The Balaban J connectivity index is 1.51. The maximum Gasteiger partial charge on any atom is 0.224 e. The number of ether oxygens (including phenoxy) is 2. The van der Waals surface area contributed by atoms with Crippen LogP contribution in [0.1, 0.15) is 19.4 Å². The first kappa shape index (κ1) is 18.7. The number of furan rings is 1. The molecular formula is C20H28N2O4. The van der Waals surface area contributed by atoms with Gasteiger partial charge in [0, 0.05) is 43.2 Å². The van der Waals surface area contributed by atoms with Gasteiger partial charge in [-0.15, -0.1) is 0 Å². The van der Waals surface area contributed by atoms with Gasteiger partial charge in [-0.1, -0.05) is 13.8 Å². The number of hydrogen-bond donors (Lipinski definition) is 1. The van der Waals surface area contributed by atoms with E-state index >= 15 is 0 Å². The Morgan fingerprint density at radius 1 is 1.42 bits per heavy atom. The van der Waals surface area contributed by atoms with Crippen LogP contribution in [0.3, 0.4) is 0 Å². The minimum Gasteiger partial charge on any atom is -0.497 e. The number of carbonyl (C=O) groups excluding carboxylic acids is 1. The Labute approximate surface area is 154 Å². The molecule has 2 aromatic rings. The molecule has 1 N–H and O–H groups in total. The molecule has 1 fully saturated rings. The van der Waals surface area contributed by atoms with E-state index in [0.717, 1.165) is 48.5 Å². The highest BCUT2D eigenvalue weighted by atomic mass is 16.5. The number of nitrogens with zero attached hydrogens (tertiary/aromatic N) is 1. The highest BCUT2D eigenvalue weighted by Crippen LogP contribution is 2.25. The van der Waals surface area contributed by atoms with E-state index in [-0.39, 0.29) is 12.0 Å². The van der Waals surface area contributed by atoms with Gasteiger partial charge in [0.05, 0.1) is 32.5 Å². The average Bonchev–Trinajstić information content (AvgIpc) is 3.01. The van der Waals surface area contributed by atoms with Crippen LogP contribution >= 0.6 is 0 Å². The highest BCUT2D eigenvalue weighted by molar-refractivity contribution is 5.88. The third kappa shape index (κ3) is 4.77. The quantitative estimate of drug-likeness (QED) is 0.822. The molecule has 1 aliphatic rings. The summed E-state index contributed by atoms with van der Waals surface area (Å²) >= 11 is 0. The third-order valence-electron chi connectivity index (χ3n) is 4.59. The van der Waals surface area contributed by atoms with Crippen molar-refractivity contribution in [1.29, 1.82) is 0 Å². The lowest BCUT2D eigenvalue weighted by molar-refractivity contribution is -0.121. The Kier molecular flexibility index (Phi) is 6.16. The lowest BCUT2D eigenvalue weighted by Crippen LogP contribution is -2.48. The second-order valence-electron chi connectivity index (χ2n) is 7.25. The third-order valence-corrected chi connectivity index (χ3v) is 4.59. The van der Waals surface area contributed by atoms with E-state index in [9.17, 15) is 4.79 Å². The number of benzene rings is 1. The smallest absolute Gasteiger partial charge is 0.224 e. The maximum absolute atomic E-state index is 12.3. The monoisotopic (exact) mass is 360 g/mol. The van der Waals surface area contributed by atoms with Gasteiger partial charge in [0.1, 0.15) is 11.3 Å². The molecule has 0 spiro atoms. The van der Waals surface area contributed by atoms with Crippen molar-refractivity contribution in [3.63, 3.8) is 0 Å². The molecule has 0 saturated carbocycles. The summed E-state index contributed by atoms with van der Waals surface area (Å²) in [6.07, 6.45) is 1.99. The lowest BCUT2D eigenvalue weighted by Gasteiger charge is -2.33. The molecule has 3 rings (SSSR count). The normalized spacial score (nSPS) is 18.4. The zero-order valence-corrected chi connectivity index (χ0v) is 15.8. The van der Waals surface area contributed by atoms with Crippen LogP contribution in [0.15, 0.2) is 28.9 Å². The molecule has 0 aliphatic carbocycles. The van der Waals surface area contributed by atoms with Crippen molar-refractivity contribution >= 4 is 16.9 Å². The molecule has 142 valence electrons. The van der Waals surface area contributed by atoms with Gasteiger partial charge in [-0.25, -0.2) is 0 Å². The van der Waals surface area contributed by atoms with Crippen molar-refractivity contribution in [2.75, 3.05) is 39.9 Å². The number of hydrogen-bond acceptors (Lipinski definition) is 5. The molecule has 0 bridgehead atoms. The second-order valence-corrected chi connectivity index (χ2v) is 7.25. The predicted octanol–water partition coefficient (Wildman–Crippen LogP) is 2.46. The van der Waals surface area contributed by atoms with E-state index in [4.69, 9.17) is 13.9 Å². The zero-order chi connectivity index (χ0) is 18.5. The molecule has 26 heavy (non-hydrogen) atoms. The Morgan fingerprint density at radius 2 is 2.27 bits per heavy atom. The zero-order valence-electron chi connectivity index (χ0n) is 15.8. The van der Waals surface area contributed by atoms with Gasteiger partial charge in [-0.3, -0.25) is 9.69 Å². The molecule has 0 unspecified atom stereocenters. The summed E-state index contributed by atoms with van der Waals surface area (Å²) in [5, 5.41) is 3.94. The van der Waals surface area contributed by atoms with E-state index in [0.29, 0.717) is 18.9 Å². The average molecular weight is 360 g/mol. The van der Waals surface area contributed by atoms with Gasteiger partial charge >= 0.3 is 0 Å². The summed E-state index contributed by atoms with van der Waals surface area (Å²) in [6, 6.07) is 5.63. The fourth-order valence-electron chi connectivity index (χ4n) is 3.38. The molecule has 1 amide bonds. The van der Waals surface area contributed by atoms with Crippen LogP contribution in [0, 0.1) is 5.92 Å². The largest absolute Gasteiger partial charge is 0.497 e. The number of morpholine rings is 1. The first-order valence-corrected chi connectivity index (χ1v) is 9.20. The molecule has 6 heteroatoms. The van der Waals surface area contributed by atoms with Crippen LogP contribution in [-0.4, -0.2) is 56.8 Å². The van der Waals surface area contributed by atoms with Crippen LogP contribution in [0.5, 0.6) is 5.75 Å². The number of methoxy groups -OCH3 is 1. The number of carbonyl (C=O) groups is 1. The summed E-state index contributed by atoms with van der Waals surface area (Å²) in [6.45, 7) is 8.60. The Morgan fingerprint density at radius 3 is 3.04 bits per heavy atom. The molecule has 1 aromatic heterocycles. The van der Waals surface area contributed by atoms with Crippen LogP contribution in [0.4, 0.5) is 0 Å². The molecule has 6 nitrogen and oxygen atoms in total. The van der Waals surface area contributed by atoms with Gasteiger partial charge in [0.2, 0.25) is 5.91 Å². The summed E-state index contributed by atoms with van der Waals surface area (Å²) in [7, 11) is 1.62. The molecule has 1 aromatic carbocycles. The molecule has 1 saturated heterocycles. The van der Waals surface area contributed by atoms with Gasteiger partial charge in [-0.05, 0) is 18.1 Å². The summed E-state index contributed by atoms with van der Waals surface area (Å²) in [5.74, 6) is 1.35. The van der Waals surface area contributed by atoms with Gasteiger partial charge < -0.3 is 19.2 Å². The number of rotatable bonds is 7. The SMILES string of the molecule is COc1ccc2c(CC(=O)NC[C@H]3CN(CC(C)C)CCO3)coc2c1. The van der Waals surface area contributed by atoms with E-state index in [1.807, 2.05) is 18.2 Å². The molecule has 1 atom stereocenters. The fraction of sp³-hybridized carbons (Fsp3) is 0.550. The van der Waals surface area contributed by atoms with Crippen molar-refractivity contribution in [1.82, 2.24) is 10.2 Å². The van der Waals surface area contributed by atoms with E-state index in [2.05, 4.69) is 24.1 Å². The van der Waals surface area contributed by atoms with Crippen molar-refractivity contribution in [2.24, 2.45) is 5.92 Å². The fourth-order valence-corrected chi connectivity index (χ4v) is 3.38. The predicted molar refractivity (Wildman–Crippen MR) is 100 cm³/mol. The minimum atomic E-state index is -0.0203. The second kappa shape index (κ2) is 8.56. The van der Waals surface area contributed by atoms with Gasteiger partial charge in [0.25, 0.3) is 0 Å². The van der Waals surface area contributed by atoms with Crippen molar-refractivity contribution in [3.8, 4) is 5.75 Å². The lowest BCUT2D eigenvalue weighted by atomic mass is 10.1. The van der Waals surface area contributed by atoms with Crippen molar-refractivity contribution in [3.05, 3.63) is 30.0 Å². The molecule has 2 heterocycles. The summed E-state index contributed by atoms with van der Waals surface area (Å²) in [5.41, 5.74) is 1.61. The van der Waals surface area contributed by atoms with E-state index in [1.165, 1.54) is 0 Å². The molecule has 0 radical (unpaired) electrons. The minimum absolute atomic E-state index is 0.0203. The van der Waals surface area contributed by atoms with Crippen molar-refractivity contribution < 1.29 is 18.7 Å². The summed E-state index contributed by atoms with van der Waals surface area (Å²) in [4.78, 5) is 14.7. The van der Waals surface area contributed by atoms with Gasteiger partial charge in [-0.2, -0.15) is 0 Å². The van der Waals surface area contributed by atoms with E-state index < -0.39 is 0 Å². The van der Waals surface area contributed by atoms with Crippen LogP contribution in [0.25, 0.3) is 11.0 Å². The topological polar surface area (TPSA) is 63.9 Å². The van der Waals surface area contributed by atoms with Crippen LogP contribution < -0.4 is 10.1 Å².